The molecule has 0 bridgehead atoms. The van der Waals surface area contributed by atoms with E-state index in [1.165, 1.54) is 17.4 Å². The van der Waals surface area contributed by atoms with E-state index in [0.717, 1.165) is 37.4 Å². The van der Waals surface area contributed by atoms with Gasteiger partial charge in [-0.1, -0.05) is 0 Å². The molecule has 1 fully saturated rings. The Morgan fingerprint density at radius 3 is 2.94 bits per heavy atom. The van der Waals surface area contributed by atoms with E-state index in [9.17, 15) is 10.1 Å². The molecule has 1 aromatic carbocycles. The molecule has 1 amide bonds. The van der Waals surface area contributed by atoms with Crippen LogP contribution in [0.5, 0.6) is 0 Å². The second kappa shape index (κ2) is 8.57. The van der Waals surface area contributed by atoms with Crippen LogP contribution in [0.3, 0.4) is 0 Å². The minimum Gasteiger partial charge on any atom is -0.396 e. The predicted molar refractivity (Wildman–Crippen MR) is 126 cm³/mol. The zero-order valence-corrected chi connectivity index (χ0v) is 19.1. The Hall–Kier alpha value is -3.29. The number of carbonyl (C=O) groups excluding carboxylic acids is 1. The number of halogens is 1. The number of aromatic nitrogens is 2. The monoisotopic (exact) mass is 465 g/mol. The first-order valence-electron chi connectivity index (χ1n) is 11.0. The van der Waals surface area contributed by atoms with E-state index >= 15 is 4.39 Å². The summed E-state index contributed by atoms with van der Waals surface area (Å²) >= 11 is 1.21. The molecule has 0 saturated carbocycles. The molecule has 1 saturated heterocycles. The number of rotatable bonds is 3. The van der Waals surface area contributed by atoms with Gasteiger partial charge in [0.15, 0.2) is 0 Å². The lowest BCUT2D eigenvalue weighted by Crippen LogP contribution is -2.44. The summed E-state index contributed by atoms with van der Waals surface area (Å²) in [5, 5.41) is 16.1. The number of carbonyl (C=O) groups is 1. The molecule has 3 aromatic rings. The lowest BCUT2D eigenvalue weighted by atomic mass is 9.84. The van der Waals surface area contributed by atoms with E-state index in [2.05, 4.69) is 31.6 Å². The average Bonchev–Trinajstić information content (AvgIpc) is 3.15. The van der Waals surface area contributed by atoms with E-state index in [-0.39, 0.29) is 17.8 Å². The molecule has 4 N–H and O–H groups in total. The molecule has 33 heavy (non-hydrogen) atoms. The molecule has 1 aliphatic carbocycles. The molecular formula is C23H24FN7OS. The molecule has 0 spiro atoms. The van der Waals surface area contributed by atoms with Crippen LogP contribution in [-0.4, -0.2) is 48.1 Å². The second-order valence-corrected chi connectivity index (χ2v) is 9.48. The predicted octanol–water partition coefficient (Wildman–Crippen LogP) is 2.29. The molecule has 0 radical (unpaired) electrons. The Kier molecular flexibility index (Phi) is 5.60. The number of piperazine rings is 1. The molecule has 170 valence electrons. The van der Waals surface area contributed by atoms with Gasteiger partial charge in [0, 0.05) is 38.4 Å². The van der Waals surface area contributed by atoms with Crippen molar-refractivity contribution in [3.8, 4) is 6.07 Å². The van der Waals surface area contributed by atoms with Crippen LogP contribution in [0.2, 0.25) is 0 Å². The molecule has 1 atom stereocenters. The van der Waals surface area contributed by atoms with Crippen molar-refractivity contribution in [3.63, 3.8) is 0 Å². The second-order valence-electron chi connectivity index (χ2n) is 8.48. The number of hydrogen-bond donors (Lipinski definition) is 3. The first kappa shape index (κ1) is 21.6. The summed E-state index contributed by atoms with van der Waals surface area (Å²) in [6.07, 6.45) is 3.11. The number of benzene rings is 1. The summed E-state index contributed by atoms with van der Waals surface area (Å²) in [5.74, 6) is -0.622. The van der Waals surface area contributed by atoms with Gasteiger partial charge < -0.3 is 21.3 Å². The maximum Gasteiger partial charge on any atom is 0.263 e. The number of nitriles is 1. The summed E-state index contributed by atoms with van der Waals surface area (Å²) in [6.45, 7) is 4.93. The number of nitrogens with one attached hydrogen (secondary N) is 2. The third-order valence-corrected chi connectivity index (χ3v) is 7.43. The molecule has 2 aliphatic rings. The molecule has 2 aromatic heterocycles. The fraction of sp³-hybridized carbons (Fsp3) is 0.391. The lowest BCUT2D eigenvalue weighted by Gasteiger charge is -2.33. The van der Waals surface area contributed by atoms with Crippen molar-refractivity contribution in [2.75, 3.05) is 36.8 Å². The van der Waals surface area contributed by atoms with Gasteiger partial charge in [0.1, 0.15) is 27.1 Å². The highest BCUT2D eigenvalue weighted by molar-refractivity contribution is 7.21. The Balaban J connectivity index is 1.39. The molecule has 1 aliphatic heterocycles. The van der Waals surface area contributed by atoms with Gasteiger partial charge in [-0.3, -0.25) is 4.79 Å². The van der Waals surface area contributed by atoms with Crippen molar-refractivity contribution in [3.05, 3.63) is 45.3 Å². The minimum atomic E-state index is -0.318. The highest BCUT2D eigenvalue weighted by Gasteiger charge is 2.29. The van der Waals surface area contributed by atoms with Gasteiger partial charge in [0.05, 0.1) is 22.6 Å². The summed E-state index contributed by atoms with van der Waals surface area (Å²) in [6, 6.07) is 3.55. The molecule has 3 heterocycles. The van der Waals surface area contributed by atoms with Crippen molar-refractivity contribution < 1.29 is 9.18 Å². The number of thiophene rings is 1. The number of nitrogen functional groups attached to an aromatic ring is 1. The summed E-state index contributed by atoms with van der Waals surface area (Å²) < 4.78 is 15.2. The highest BCUT2D eigenvalue weighted by Crippen LogP contribution is 2.35. The van der Waals surface area contributed by atoms with Gasteiger partial charge in [-0.05, 0) is 43.4 Å². The summed E-state index contributed by atoms with van der Waals surface area (Å²) in [7, 11) is 0. The zero-order valence-electron chi connectivity index (χ0n) is 18.2. The SMILES string of the molecule is Cc1cnc2c(N)c(C(=O)NC3CCc4c(C#N)c(N5CCNCC5)cc(F)c4C3)sc2n1. The van der Waals surface area contributed by atoms with E-state index in [0.29, 0.717) is 57.0 Å². The molecule has 1 unspecified atom stereocenters. The van der Waals surface area contributed by atoms with Crippen molar-refractivity contribution in [2.24, 2.45) is 0 Å². The Bertz CT molecular complexity index is 1290. The highest BCUT2D eigenvalue weighted by atomic mass is 32.1. The Morgan fingerprint density at radius 2 is 2.18 bits per heavy atom. The normalized spacial score (nSPS) is 18.1. The molecule has 8 nitrogen and oxygen atoms in total. The molecule has 5 rings (SSSR count). The van der Waals surface area contributed by atoms with Crippen LogP contribution in [0.4, 0.5) is 15.8 Å². The van der Waals surface area contributed by atoms with Gasteiger partial charge in [-0.15, -0.1) is 11.3 Å². The van der Waals surface area contributed by atoms with Crippen molar-refractivity contribution >= 4 is 39.0 Å². The van der Waals surface area contributed by atoms with Gasteiger partial charge in [-0.25, -0.2) is 14.4 Å². The average molecular weight is 466 g/mol. The van der Waals surface area contributed by atoms with Gasteiger partial charge in [-0.2, -0.15) is 5.26 Å². The molecule has 10 heteroatoms. The number of aryl methyl sites for hydroxylation is 1. The maximum atomic E-state index is 15.2. The minimum absolute atomic E-state index is 0.247. The number of hydrogen-bond acceptors (Lipinski definition) is 8. The van der Waals surface area contributed by atoms with E-state index in [4.69, 9.17) is 5.73 Å². The van der Waals surface area contributed by atoms with Crippen LogP contribution in [0.15, 0.2) is 12.3 Å². The fourth-order valence-corrected chi connectivity index (χ4v) is 5.69. The van der Waals surface area contributed by atoms with Crippen LogP contribution in [-0.2, 0) is 12.8 Å². The zero-order chi connectivity index (χ0) is 23.1. The van der Waals surface area contributed by atoms with Crippen molar-refractivity contribution in [1.29, 1.82) is 5.26 Å². The summed E-state index contributed by atoms with van der Waals surface area (Å²) in [4.78, 5) is 24.7. The largest absolute Gasteiger partial charge is 0.396 e. The smallest absolute Gasteiger partial charge is 0.263 e. The number of nitrogens with two attached hydrogens (primary N) is 1. The fourth-order valence-electron chi connectivity index (χ4n) is 4.69. The Labute approximate surface area is 194 Å². The standard InChI is InChI=1S/C23H24FN7OS/c1-12-11-28-20-19(26)21(33-23(20)29-12)22(32)30-13-2-3-14-15(8-13)17(24)9-18(16(14)10-25)31-6-4-27-5-7-31/h9,11,13,27H,2-8,26H2,1H3,(H,30,32). The quantitative estimate of drug-likeness (QED) is 0.543. The number of amides is 1. The van der Waals surface area contributed by atoms with Gasteiger partial charge in [0.2, 0.25) is 0 Å². The number of nitrogens with zero attached hydrogens (tertiary/aromatic N) is 4. The van der Waals surface area contributed by atoms with E-state index in [1.54, 1.807) is 6.20 Å². The Morgan fingerprint density at radius 1 is 1.39 bits per heavy atom. The topological polar surface area (TPSA) is 120 Å². The van der Waals surface area contributed by atoms with Crippen LogP contribution in [0.25, 0.3) is 10.3 Å². The first-order valence-corrected chi connectivity index (χ1v) is 11.8. The first-order chi connectivity index (χ1) is 16.0. The summed E-state index contributed by atoms with van der Waals surface area (Å²) in [5.41, 5.74) is 10.3. The number of fused-ring (bicyclic) bond motifs is 2. The van der Waals surface area contributed by atoms with E-state index in [1.807, 2.05) is 6.92 Å². The van der Waals surface area contributed by atoms with Crippen molar-refractivity contribution in [1.82, 2.24) is 20.6 Å². The van der Waals surface area contributed by atoms with Crippen LogP contribution in [0.1, 0.15) is 38.5 Å². The maximum absolute atomic E-state index is 15.2. The van der Waals surface area contributed by atoms with Crippen molar-refractivity contribution in [2.45, 2.75) is 32.2 Å². The van der Waals surface area contributed by atoms with Crippen LogP contribution < -0.4 is 21.3 Å². The van der Waals surface area contributed by atoms with Gasteiger partial charge in [0.25, 0.3) is 5.91 Å². The van der Waals surface area contributed by atoms with Gasteiger partial charge >= 0.3 is 0 Å². The van der Waals surface area contributed by atoms with Crippen LogP contribution in [0, 0.1) is 24.1 Å². The number of anilines is 2. The third-order valence-electron chi connectivity index (χ3n) is 6.34. The molecular weight excluding hydrogens is 441 g/mol. The third kappa shape index (κ3) is 3.87. The lowest BCUT2D eigenvalue weighted by molar-refractivity contribution is 0.0938. The van der Waals surface area contributed by atoms with E-state index < -0.39 is 0 Å². The van der Waals surface area contributed by atoms with Crippen LogP contribution >= 0.6 is 11.3 Å².